The Balaban J connectivity index is 1.78. The summed E-state index contributed by atoms with van der Waals surface area (Å²) in [5.41, 5.74) is 3.19. The molecule has 1 heterocycles. The summed E-state index contributed by atoms with van der Waals surface area (Å²) in [6, 6.07) is 29.9. The molecule has 130 valence electrons. The zero-order valence-electron chi connectivity index (χ0n) is 14.7. The lowest BCUT2D eigenvalue weighted by Crippen LogP contribution is -2.31. The number of carbonyl (C=O) groups is 1. The molecule has 1 fully saturated rings. The highest BCUT2D eigenvalue weighted by atomic mass is 16.6. The van der Waals surface area contributed by atoms with E-state index in [9.17, 15) is 4.79 Å². The van der Waals surface area contributed by atoms with Crippen LogP contribution in [-0.2, 0) is 4.74 Å². The molecule has 3 nitrogen and oxygen atoms in total. The van der Waals surface area contributed by atoms with Gasteiger partial charge in [-0.1, -0.05) is 91.0 Å². The maximum Gasteiger partial charge on any atom is 0.411 e. The second kappa shape index (κ2) is 7.04. The molecule has 1 aliphatic rings. The second-order valence-electron chi connectivity index (χ2n) is 6.56. The van der Waals surface area contributed by atoms with E-state index in [-0.39, 0.29) is 24.3 Å². The van der Waals surface area contributed by atoms with Crippen LogP contribution in [0.2, 0.25) is 0 Å². The molecule has 0 bridgehead atoms. The Bertz CT molecular complexity index is 864. The Morgan fingerprint density at radius 3 is 1.85 bits per heavy atom. The predicted octanol–water partition coefficient (Wildman–Crippen LogP) is 5.68. The summed E-state index contributed by atoms with van der Waals surface area (Å²) in [6.45, 7) is 2.06. The number of ether oxygens (including phenoxy) is 1. The standard InChI is InChI=1S/C23H21NO2/c1-17(18-11-5-2-6-12-18)24-21(19-13-7-3-8-14-19)22(26-23(24)25)20-15-9-4-10-16-20/h2-17,21-22H,1H3/t17-,21+,22-/m0/s1. The first kappa shape index (κ1) is 16.4. The van der Waals surface area contributed by atoms with Crippen LogP contribution in [0.15, 0.2) is 91.0 Å². The highest BCUT2D eigenvalue weighted by Gasteiger charge is 2.45. The zero-order valence-corrected chi connectivity index (χ0v) is 14.7. The van der Waals surface area contributed by atoms with Crippen molar-refractivity contribution in [2.75, 3.05) is 0 Å². The van der Waals surface area contributed by atoms with Crippen molar-refractivity contribution in [3.63, 3.8) is 0 Å². The molecule has 0 radical (unpaired) electrons. The highest BCUT2D eigenvalue weighted by molar-refractivity contribution is 5.72. The SMILES string of the molecule is C[C@@H](c1ccccc1)N1C(=O)O[C@@H](c2ccccc2)[C@H]1c1ccccc1. The molecule has 3 atom stereocenters. The van der Waals surface area contributed by atoms with Crippen molar-refractivity contribution >= 4 is 6.09 Å². The third kappa shape index (κ3) is 2.97. The van der Waals surface area contributed by atoms with E-state index >= 15 is 0 Å². The first-order chi connectivity index (χ1) is 12.8. The smallest absolute Gasteiger partial charge is 0.411 e. The molecule has 1 amide bonds. The molecule has 0 N–H and O–H groups in total. The zero-order chi connectivity index (χ0) is 17.9. The lowest BCUT2D eigenvalue weighted by atomic mass is 9.93. The number of nitrogens with zero attached hydrogens (tertiary/aromatic N) is 1. The lowest BCUT2D eigenvalue weighted by molar-refractivity contribution is 0.128. The van der Waals surface area contributed by atoms with Crippen LogP contribution in [-0.4, -0.2) is 11.0 Å². The molecule has 0 unspecified atom stereocenters. The molecule has 1 saturated heterocycles. The van der Waals surface area contributed by atoms with Crippen LogP contribution in [0.25, 0.3) is 0 Å². The lowest BCUT2D eigenvalue weighted by Gasteiger charge is -2.30. The number of hydrogen-bond donors (Lipinski definition) is 0. The number of cyclic esters (lactones) is 1. The Labute approximate surface area is 153 Å². The highest BCUT2D eigenvalue weighted by Crippen LogP contribution is 2.46. The van der Waals surface area contributed by atoms with Crippen molar-refractivity contribution in [3.05, 3.63) is 108 Å². The van der Waals surface area contributed by atoms with Gasteiger partial charge in [-0.3, -0.25) is 4.90 Å². The van der Waals surface area contributed by atoms with E-state index in [1.807, 2.05) is 71.6 Å². The average molecular weight is 343 g/mol. The van der Waals surface area contributed by atoms with E-state index in [1.54, 1.807) is 0 Å². The molecule has 0 saturated carbocycles. The van der Waals surface area contributed by atoms with Crippen LogP contribution in [0.3, 0.4) is 0 Å². The number of amides is 1. The van der Waals surface area contributed by atoms with Gasteiger partial charge >= 0.3 is 6.09 Å². The van der Waals surface area contributed by atoms with Crippen molar-refractivity contribution in [1.29, 1.82) is 0 Å². The number of rotatable bonds is 4. The topological polar surface area (TPSA) is 29.5 Å². The molecule has 0 aromatic heterocycles. The van der Waals surface area contributed by atoms with E-state index in [2.05, 4.69) is 31.2 Å². The third-order valence-corrected chi connectivity index (χ3v) is 4.99. The summed E-state index contributed by atoms with van der Waals surface area (Å²) in [4.78, 5) is 14.7. The van der Waals surface area contributed by atoms with Crippen molar-refractivity contribution in [1.82, 2.24) is 4.90 Å². The third-order valence-electron chi connectivity index (χ3n) is 4.99. The van der Waals surface area contributed by atoms with Crippen LogP contribution >= 0.6 is 0 Å². The molecule has 0 aliphatic carbocycles. The normalized spacial score (nSPS) is 20.7. The van der Waals surface area contributed by atoms with Gasteiger partial charge in [-0.05, 0) is 23.6 Å². The van der Waals surface area contributed by atoms with Gasteiger partial charge in [-0.15, -0.1) is 0 Å². The monoisotopic (exact) mass is 343 g/mol. The number of benzene rings is 3. The largest absolute Gasteiger partial charge is 0.439 e. The fraction of sp³-hybridized carbons (Fsp3) is 0.174. The fourth-order valence-corrected chi connectivity index (χ4v) is 3.66. The summed E-state index contributed by atoms with van der Waals surface area (Å²) in [7, 11) is 0. The average Bonchev–Trinajstić information content (AvgIpc) is 3.06. The molecule has 4 rings (SSSR count). The summed E-state index contributed by atoms with van der Waals surface area (Å²) in [5, 5.41) is 0. The number of hydrogen-bond acceptors (Lipinski definition) is 2. The quantitative estimate of drug-likeness (QED) is 0.610. The van der Waals surface area contributed by atoms with Crippen LogP contribution in [0.4, 0.5) is 4.79 Å². The van der Waals surface area contributed by atoms with Gasteiger partial charge in [0.15, 0.2) is 6.10 Å². The Morgan fingerprint density at radius 2 is 1.27 bits per heavy atom. The van der Waals surface area contributed by atoms with E-state index in [0.717, 1.165) is 16.7 Å². The Hall–Kier alpha value is -3.07. The van der Waals surface area contributed by atoms with Gasteiger partial charge in [0.2, 0.25) is 0 Å². The maximum atomic E-state index is 12.9. The van der Waals surface area contributed by atoms with Gasteiger partial charge < -0.3 is 4.74 Å². The molecule has 26 heavy (non-hydrogen) atoms. The molecule has 3 heteroatoms. The summed E-state index contributed by atoms with van der Waals surface area (Å²) >= 11 is 0. The summed E-state index contributed by atoms with van der Waals surface area (Å²) < 4.78 is 5.86. The van der Waals surface area contributed by atoms with Gasteiger partial charge in [-0.25, -0.2) is 4.79 Å². The Morgan fingerprint density at radius 1 is 0.769 bits per heavy atom. The van der Waals surface area contributed by atoms with Crippen LogP contribution < -0.4 is 0 Å². The molecule has 0 spiro atoms. The predicted molar refractivity (Wildman–Crippen MR) is 102 cm³/mol. The number of carbonyl (C=O) groups excluding carboxylic acids is 1. The first-order valence-corrected chi connectivity index (χ1v) is 8.89. The first-order valence-electron chi connectivity index (χ1n) is 8.89. The molecular weight excluding hydrogens is 322 g/mol. The van der Waals surface area contributed by atoms with Crippen molar-refractivity contribution in [3.8, 4) is 0 Å². The van der Waals surface area contributed by atoms with Gasteiger partial charge in [0.1, 0.15) is 6.04 Å². The molecule has 3 aromatic rings. The summed E-state index contributed by atoms with van der Waals surface area (Å²) in [6.07, 6.45) is -0.596. The van der Waals surface area contributed by atoms with Gasteiger partial charge in [-0.2, -0.15) is 0 Å². The molecule has 1 aliphatic heterocycles. The minimum atomic E-state index is -0.322. The molecule has 3 aromatic carbocycles. The van der Waals surface area contributed by atoms with Crippen molar-refractivity contribution < 1.29 is 9.53 Å². The molecular formula is C23H21NO2. The van der Waals surface area contributed by atoms with Crippen LogP contribution in [0.5, 0.6) is 0 Å². The van der Waals surface area contributed by atoms with Gasteiger partial charge in [0.05, 0.1) is 6.04 Å². The van der Waals surface area contributed by atoms with Crippen molar-refractivity contribution in [2.24, 2.45) is 0 Å². The maximum absolute atomic E-state index is 12.9. The Kier molecular flexibility index (Phi) is 4.44. The van der Waals surface area contributed by atoms with Crippen LogP contribution in [0.1, 0.15) is 41.8 Å². The van der Waals surface area contributed by atoms with Crippen molar-refractivity contribution in [2.45, 2.75) is 25.1 Å². The van der Waals surface area contributed by atoms with Gasteiger partial charge in [0.25, 0.3) is 0 Å². The van der Waals surface area contributed by atoms with E-state index in [4.69, 9.17) is 4.74 Å². The second-order valence-corrected chi connectivity index (χ2v) is 6.56. The fourth-order valence-electron chi connectivity index (χ4n) is 3.66. The van der Waals surface area contributed by atoms with E-state index < -0.39 is 0 Å². The minimum absolute atomic E-state index is 0.0809. The minimum Gasteiger partial charge on any atom is -0.439 e. The van der Waals surface area contributed by atoms with E-state index in [1.165, 1.54) is 0 Å². The van der Waals surface area contributed by atoms with E-state index in [0.29, 0.717) is 0 Å². The summed E-state index contributed by atoms with van der Waals surface area (Å²) in [5.74, 6) is 0. The van der Waals surface area contributed by atoms with Crippen LogP contribution in [0, 0.1) is 0 Å². The van der Waals surface area contributed by atoms with Gasteiger partial charge in [0, 0.05) is 0 Å².